The lowest BCUT2D eigenvalue weighted by Gasteiger charge is -2.41. The molecule has 0 unspecified atom stereocenters. The van der Waals surface area contributed by atoms with Crippen LogP contribution in [-0.4, -0.2) is 35.4 Å². The Hall–Kier alpha value is -1.95. The molecule has 0 radical (unpaired) electrons. The first-order valence-corrected chi connectivity index (χ1v) is 8.81. The first-order valence-electron chi connectivity index (χ1n) is 8.81. The van der Waals surface area contributed by atoms with Gasteiger partial charge >= 0.3 is 0 Å². The Balaban J connectivity index is 1.61. The highest BCUT2D eigenvalue weighted by Gasteiger charge is 2.31. The van der Waals surface area contributed by atoms with Crippen LogP contribution in [0.5, 0.6) is 0 Å². The van der Waals surface area contributed by atoms with E-state index in [4.69, 9.17) is 0 Å². The lowest BCUT2D eigenvalue weighted by Crippen LogP contribution is -2.44. The van der Waals surface area contributed by atoms with Gasteiger partial charge in [-0.2, -0.15) is 0 Å². The summed E-state index contributed by atoms with van der Waals surface area (Å²) in [4.78, 5) is 25.3. The molecule has 1 N–H and O–H groups in total. The molecule has 2 aliphatic rings. The van der Waals surface area contributed by atoms with Crippen LogP contribution in [0.25, 0.3) is 0 Å². The summed E-state index contributed by atoms with van der Waals surface area (Å²) in [5, 5.41) is 13.9. The number of hydrogen-bond donors (Lipinski definition) is 1. The number of fused-ring (bicyclic) bond motifs is 1. The number of nitro benzene ring substituents is 1. The third kappa shape index (κ3) is 3.75. The highest BCUT2D eigenvalue weighted by Crippen LogP contribution is 2.36. The molecule has 1 heterocycles. The standard InChI is InChI=1S/C18H25N3O3/c1-13-5-4-8-16(21(23)24)18(13)19-17(22)12-20-10-9-14-6-2-3-7-15(14)11-20/h4-5,8,14-15H,2-3,6-7,9-12H2,1H3,(H,19,22)/t14-,15-/m1/s1. The normalized spacial score (nSPS) is 24.2. The molecule has 1 aliphatic heterocycles. The van der Waals surface area contributed by atoms with Crippen LogP contribution < -0.4 is 5.32 Å². The summed E-state index contributed by atoms with van der Waals surface area (Å²) in [6, 6.07) is 4.84. The van der Waals surface area contributed by atoms with E-state index in [1.165, 1.54) is 38.2 Å². The van der Waals surface area contributed by atoms with E-state index >= 15 is 0 Å². The van der Waals surface area contributed by atoms with E-state index in [1.807, 2.05) is 0 Å². The monoisotopic (exact) mass is 331 g/mol. The molecule has 6 heteroatoms. The summed E-state index contributed by atoms with van der Waals surface area (Å²) in [6.07, 6.45) is 6.42. The molecule has 0 aromatic heterocycles. The van der Waals surface area contributed by atoms with Gasteiger partial charge in [0.2, 0.25) is 5.91 Å². The third-order valence-electron chi connectivity index (χ3n) is 5.45. The maximum absolute atomic E-state index is 12.4. The summed E-state index contributed by atoms with van der Waals surface area (Å²) in [7, 11) is 0. The Morgan fingerprint density at radius 1 is 1.29 bits per heavy atom. The molecular formula is C18H25N3O3. The predicted octanol–water partition coefficient (Wildman–Crippen LogP) is 3.35. The van der Waals surface area contributed by atoms with Crippen LogP contribution in [0.4, 0.5) is 11.4 Å². The maximum Gasteiger partial charge on any atom is 0.293 e. The second-order valence-electron chi connectivity index (χ2n) is 7.10. The largest absolute Gasteiger partial charge is 0.319 e. The Kier molecular flexibility index (Phi) is 5.14. The van der Waals surface area contributed by atoms with Gasteiger partial charge in [-0.3, -0.25) is 19.8 Å². The van der Waals surface area contributed by atoms with Gasteiger partial charge in [0.15, 0.2) is 0 Å². The number of anilines is 1. The highest BCUT2D eigenvalue weighted by molar-refractivity contribution is 5.95. The number of aryl methyl sites for hydroxylation is 1. The topological polar surface area (TPSA) is 75.5 Å². The molecular weight excluding hydrogens is 306 g/mol. The molecule has 6 nitrogen and oxygen atoms in total. The molecule has 2 fully saturated rings. The van der Waals surface area contributed by atoms with Crippen LogP contribution in [0.15, 0.2) is 18.2 Å². The Morgan fingerprint density at radius 3 is 2.79 bits per heavy atom. The number of para-hydroxylation sites is 1. The lowest BCUT2D eigenvalue weighted by molar-refractivity contribution is -0.384. The van der Waals surface area contributed by atoms with E-state index in [0.29, 0.717) is 23.7 Å². The van der Waals surface area contributed by atoms with Crippen LogP contribution >= 0.6 is 0 Å². The number of benzene rings is 1. The zero-order valence-corrected chi connectivity index (χ0v) is 14.2. The Morgan fingerprint density at radius 2 is 2.04 bits per heavy atom. The quantitative estimate of drug-likeness (QED) is 0.678. The van der Waals surface area contributed by atoms with E-state index < -0.39 is 4.92 Å². The number of nitrogens with zero attached hydrogens (tertiary/aromatic N) is 2. The van der Waals surface area contributed by atoms with Crippen LogP contribution in [-0.2, 0) is 4.79 Å². The van der Waals surface area contributed by atoms with Crippen LogP contribution in [0, 0.1) is 28.9 Å². The van der Waals surface area contributed by atoms with E-state index in [9.17, 15) is 14.9 Å². The highest BCUT2D eigenvalue weighted by atomic mass is 16.6. The molecule has 1 aromatic carbocycles. The smallest absolute Gasteiger partial charge is 0.293 e. The number of carbonyl (C=O) groups excluding carboxylic acids is 1. The van der Waals surface area contributed by atoms with Crippen molar-refractivity contribution in [1.29, 1.82) is 0 Å². The van der Waals surface area contributed by atoms with Crippen molar-refractivity contribution >= 4 is 17.3 Å². The van der Waals surface area contributed by atoms with Gasteiger partial charge in [-0.1, -0.05) is 31.4 Å². The van der Waals surface area contributed by atoms with Gasteiger partial charge in [-0.25, -0.2) is 0 Å². The van der Waals surface area contributed by atoms with Crippen molar-refractivity contribution in [3.8, 4) is 0 Å². The van der Waals surface area contributed by atoms with E-state index in [0.717, 1.165) is 19.0 Å². The number of piperidine rings is 1. The van der Waals surface area contributed by atoms with Crippen molar-refractivity contribution in [3.05, 3.63) is 33.9 Å². The van der Waals surface area contributed by atoms with Gasteiger partial charge in [0, 0.05) is 12.6 Å². The van der Waals surface area contributed by atoms with Gasteiger partial charge in [-0.05, 0) is 43.7 Å². The fourth-order valence-electron chi connectivity index (χ4n) is 4.17. The van der Waals surface area contributed by atoms with Gasteiger partial charge in [0.25, 0.3) is 5.69 Å². The minimum Gasteiger partial charge on any atom is -0.319 e. The molecule has 130 valence electrons. The SMILES string of the molecule is Cc1cccc([N+](=O)[O-])c1NC(=O)CN1CC[C@H]2CCCC[C@@H]2C1. The summed E-state index contributed by atoms with van der Waals surface area (Å²) in [6.45, 7) is 4.02. The van der Waals surface area contributed by atoms with Gasteiger partial charge in [0.05, 0.1) is 11.5 Å². The molecule has 3 rings (SSSR count). The fraction of sp³-hybridized carbons (Fsp3) is 0.611. The van der Waals surface area contributed by atoms with Crippen molar-refractivity contribution < 1.29 is 9.72 Å². The second-order valence-corrected chi connectivity index (χ2v) is 7.10. The first-order chi connectivity index (χ1) is 11.5. The van der Waals surface area contributed by atoms with Gasteiger partial charge in [0.1, 0.15) is 5.69 Å². The molecule has 24 heavy (non-hydrogen) atoms. The molecule has 0 spiro atoms. The minimum absolute atomic E-state index is 0.0469. The summed E-state index contributed by atoms with van der Waals surface area (Å²) in [5.41, 5.74) is 0.984. The Bertz CT molecular complexity index is 632. The maximum atomic E-state index is 12.4. The molecule has 1 aliphatic carbocycles. The summed E-state index contributed by atoms with van der Waals surface area (Å²) >= 11 is 0. The van der Waals surface area contributed by atoms with E-state index in [1.54, 1.807) is 19.1 Å². The fourth-order valence-corrected chi connectivity index (χ4v) is 4.17. The third-order valence-corrected chi connectivity index (χ3v) is 5.45. The number of nitrogens with one attached hydrogen (secondary N) is 1. The molecule has 1 amide bonds. The van der Waals surface area contributed by atoms with Gasteiger partial charge < -0.3 is 5.32 Å². The molecule has 2 atom stereocenters. The molecule has 1 saturated heterocycles. The lowest BCUT2D eigenvalue weighted by atomic mass is 9.75. The summed E-state index contributed by atoms with van der Waals surface area (Å²) in [5.74, 6) is 1.38. The average Bonchev–Trinajstić information content (AvgIpc) is 2.56. The zero-order chi connectivity index (χ0) is 17.1. The van der Waals surface area contributed by atoms with Crippen molar-refractivity contribution in [2.24, 2.45) is 11.8 Å². The number of likely N-dealkylation sites (tertiary alicyclic amines) is 1. The van der Waals surface area contributed by atoms with E-state index in [-0.39, 0.29) is 11.6 Å². The van der Waals surface area contributed by atoms with Crippen molar-refractivity contribution in [1.82, 2.24) is 4.90 Å². The predicted molar refractivity (Wildman–Crippen MR) is 93.0 cm³/mol. The number of hydrogen-bond acceptors (Lipinski definition) is 4. The minimum atomic E-state index is -0.448. The number of rotatable bonds is 4. The average molecular weight is 331 g/mol. The Labute approximate surface area is 142 Å². The zero-order valence-electron chi connectivity index (χ0n) is 14.2. The van der Waals surface area contributed by atoms with E-state index in [2.05, 4.69) is 10.2 Å². The number of carbonyl (C=O) groups is 1. The molecule has 1 saturated carbocycles. The number of amides is 1. The first kappa shape index (κ1) is 16.9. The van der Waals surface area contributed by atoms with Crippen molar-refractivity contribution in [2.75, 3.05) is 25.0 Å². The molecule has 1 aromatic rings. The van der Waals surface area contributed by atoms with Gasteiger partial charge in [-0.15, -0.1) is 0 Å². The molecule has 0 bridgehead atoms. The number of nitro groups is 1. The van der Waals surface area contributed by atoms with Crippen LogP contribution in [0.2, 0.25) is 0 Å². The second kappa shape index (κ2) is 7.30. The van der Waals surface area contributed by atoms with Crippen LogP contribution in [0.1, 0.15) is 37.7 Å². The summed E-state index contributed by atoms with van der Waals surface area (Å²) < 4.78 is 0. The van der Waals surface area contributed by atoms with Crippen molar-refractivity contribution in [3.63, 3.8) is 0 Å². The van der Waals surface area contributed by atoms with Crippen molar-refractivity contribution in [2.45, 2.75) is 39.0 Å². The van der Waals surface area contributed by atoms with Crippen LogP contribution in [0.3, 0.4) is 0 Å².